The minimum atomic E-state index is -0.712. The third kappa shape index (κ3) is 2.15. The van der Waals surface area contributed by atoms with Crippen molar-refractivity contribution in [3.05, 3.63) is 46.1 Å². The number of hydrogen-bond acceptors (Lipinski definition) is 2. The molecule has 0 bridgehead atoms. The number of H-pyrrole nitrogens is 1. The van der Waals surface area contributed by atoms with Crippen LogP contribution < -0.4 is 0 Å². The molecule has 0 aliphatic rings. The topological polar surface area (TPSA) is 41.6 Å². The fraction of sp³-hybridized carbons (Fsp3) is 0. The smallest absolute Gasteiger partial charge is 0.179 e. The first-order valence-corrected chi connectivity index (χ1v) is 5.97. The van der Waals surface area contributed by atoms with Crippen molar-refractivity contribution in [2.24, 2.45) is 0 Å². The molecule has 0 spiro atoms. The Morgan fingerprint density at radius 2 is 1.84 bits per heavy atom. The molecule has 3 rings (SSSR count). The molecule has 2 heterocycles. The van der Waals surface area contributed by atoms with Gasteiger partial charge in [0, 0.05) is 6.07 Å². The van der Waals surface area contributed by atoms with Crippen LogP contribution in [0.1, 0.15) is 0 Å². The lowest BCUT2D eigenvalue weighted by molar-refractivity contribution is 0.585. The molecule has 0 saturated carbocycles. The number of benzene rings is 1. The molecule has 3 aromatic rings. The monoisotopic (exact) mass is 299 g/mol. The van der Waals surface area contributed by atoms with Crippen LogP contribution in [-0.2, 0) is 0 Å². The highest BCUT2D eigenvalue weighted by Crippen LogP contribution is 2.27. The van der Waals surface area contributed by atoms with Crippen LogP contribution in [0.4, 0.5) is 8.78 Å². The number of imidazole rings is 1. The SMILES string of the molecule is Fc1ccc(-c2nc3nc(Cl)c(Cl)cc3[nH]2)c(F)c1. The van der Waals surface area contributed by atoms with E-state index in [9.17, 15) is 8.78 Å². The number of halogens is 4. The zero-order valence-corrected chi connectivity index (χ0v) is 10.7. The number of pyridine rings is 1. The zero-order chi connectivity index (χ0) is 13.6. The Bertz CT molecular complexity index is 747. The first-order chi connectivity index (χ1) is 9.04. The molecule has 1 aromatic carbocycles. The summed E-state index contributed by atoms with van der Waals surface area (Å²) in [6.45, 7) is 0. The van der Waals surface area contributed by atoms with E-state index in [1.807, 2.05) is 0 Å². The molecule has 7 heteroatoms. The summed E-state index contributed by atoms with van der Waals surface area (Å²) >= 11 is 11.6. The molecule has 3 nitrogen and oxygen atoms in total. The number of fused-ring (bicyclic) bond motifs is 1. The molecule has 0 atom stereocenters. The van der Waals surface area contributed by atoms with Gasteiger partial charge in [-0.1, -0.05) is 23.2 Å². The van der Waals surface area contributed by atoms with E-state index in [0.29, 0.717) is 11.2 Å². The maximum atomic E-state index is 13.7. The molecule has 0 unspecified atom stereocenters. The maximum Gasteiger partial charge on any atom is 0.179 e. The average Bonchev–Trinajstić information content (AvgIpc) is 2.72. The van der Waals surface area contributed by atoms with Crippen molar-refractivity contribution in [2.45, 2.75) is 0 Å². The van der Waals surface area contributed by atoms with Crippen molar-refractivity contribution >= 4 is 34.4 Å². The van der Waals surface area contributed by atoms with Gasteiger partial charge < -0.3 is 4.98 Å². The number of nitrogens with zero attached hydrogens (tertiary/aromatic N) is 2. The van der Waals surface area contributed by atoms with Crippen LogP contribution in [0.2, 0.25) is 10.2 Å². The second-order valence-electron chi connectivity index (χ2n) is 3.84. The zero-order valence-electron chi connectivity index (χ0n) is 9.22. The van der Waals surface area contributed by atoms with Gasteiger partial charge in [-0.3, -0.25) is 0 Å². The van der Waals surface area contributed by atoms with Crippen molar-refractivity contribution in [1.29, 1.82) is 0 Å². The van der Waals surface area contributed by atoms with Crippen LogP contribution in [0.5, 0.6) is 0 Å². The Hall–Kier alpha value is -1.72. The second-order valence-corrected chi connectivity index (χ2v) is 4.61. The average molecular weight is 300 g/mol. The number of hydrogen-bond donors (Lipinski definition) is 1. The van der Waals surface area contributed by atoms with Gasteiger partial charge in [0.05, 0.1) is 16.1 Å². The van der Waals surface area contributed by atoms with Gasteiger partial charge in [0.1, 0.15) is 22.6 Å². The summed E-state index contributed by atoms with van der Waals surface area (Å²) in [5, 5.41) is 0.385. The lowest BCUT2D eigenvalue weighted by atomic mass is 10.2. The fourth-order valence-corrected chi connectivity index (χ4v) is 1.99. The van der Waals surface area contributed by atoms with E-state index in [4.69, 9.17) is 23.2 Å². The van der Waals surface area contributed by atoms with Crippen LogP contribution >= 0.6 is 23.2 Å². The van der Waals surface area contributed by atoms with E-state index in [1.54, 1.807) is 6.07 Å². The van der Waals surface area contributed by atoms with Crippen LogP contribution in [-0.4, -0.2) is 15.0 Å². The van der Waals surface area contributed by atoms with E-state index in [-0.39, 0.29) is 21.6 Å². The molecule has 2 aromatic heterocycles. The van der Waals surface area contributed by atoms with E-state index < -0.39 is 11.6 Å². The number of nitrogens with one attached hydrogen (secondary N) is 1. The highest BCUT2D eigenvalue weighted by atomic mass is 35.5. The van der Waals surface area contributed by atoms with E-state index in [2.05, 4.69) is 15.0 Å². The van der Waals surface area contributed by atoms with Gasteiger partial charge in [0.25, 0.3) is 0 Å². The van der Waals surface area contributed by atoms with Gasteiger partial charge >= 0.3 is 0 Å². The summed E-state index contributed by atoms with van der Waals surface area (Å²) in [4.78, 5) is 10.9. The predicted octanol–water partition coefficient (Wildman–Crippen LogP) is 4.21. The van der Waals surface area contributed by atoms with Gasteiger partial charge in [-0.15, -0.1) is 0 Å². The van der Waals surface area contributed by atoms with Crippen molar-refractivity contribution in [1.82, 2.24) is 15.0 Å². The Labute approximate surface area is 116 Å². The third-order valence-electron chi connectivity index (χ3n) is 2.57. The van der Waals surface area contributed by atoms with Gasteiger partial charge in [0.15, 0.2) is 5.65 Å². The third-order valence-corrected chi connectivity index (χ3v) is 3.24. The standard InChI is InChI=1S/C12H5Cl2F2N3/c13-7-4-9-12(18-10(7)14)19-11(17-9)6-2-1-5(15)3-8(6)16/h1-4H,(H,17,18,19). The first kappa shape index (κ1) is 12.3. The lowest BCUT2D eigenvalue weighted by Gasteiger charge is -1.98. The van der Waals surface area contributed by atoms with Crippen LogP contribution in [0, 0.1) is 11.6 Å². The molecule has 0 aliphatic heterocycles. The minimum Gasteiger partial charge on any atom is -0.336 e. The van der Waals surface area contributed by atoms with Crippen molar-refractivity contribution in [2.75, 3.05) is 0 Å². The lowest BCUT2D eigenvalue weighted by Crippen LogP contribution is -1.87. The summed E-state index contributed by atoms with van der Waals surface area (Å²) in [6, 6.07) is 4.78. The summed E-state index contributed by atoms with van der Waals surface area (Å²) < 4.78 is 26.5. The van der Waals surface area contributed by atoms with Crippen LogP contribution in [0.25, 0.3) is 22.6 Å². The van der Waals surface area contributed by atoms with Crippen molar-refractivity contribution in [3.8, 4) is 11.4 Å². The number of aromatic amines is 1. The highest BCUT2D eigenvalue weighted by Gasteiger charge is 2.13. The van der Waals surface area contributed by atoms with Gasteiger partial charge in [-0.2, -0.15) is 0 Å². The second kappa shape index (κ2) is 4.43. The largest absolute Gasteiger partial charge is 0.336 e. The molecule has 96 valence electrons. The molecular weight excluding hydrogens is 295 g/mol. The molecule has 1 N–H and O–H groups in total. The van der Waals surface area contributed by atoms with E-state index >= 15 is 0 Å². The molecule has 0 aliphatic carbocycles. The Morgan fingerprint density at radius 3 is 2.58 bits per heavy atom. The molecule has 0 amide bonds. The summed E-state index contributed by atoms with van der Waals surface area (Å²) in [7, 11) is 0. The van der Waals surface area contributed by atoms with Crippen molar-refractivity contribution < 1.29 is 8.78 Å². The van der Waals surface area contributed by atoms with Gasteiger partial charge in [-0.05, 0) is 18.2 Å². The summed E-state index contributed by atoms with van der Waals surface area (Å²) in [6.07, 6.45) is 0. The van der Waals surface area contributed by atoms with Gasteiger partial charge in [-0.25, -0.2) is 18.7 Å². The highest BCUT2D eigenvalue weighted by molar-refractivity contribution is 6.41. The number of rotatable bonds is 1. The van der Waals surface area contributed by atoms with E-state index in [0.717, 1.165) is 12.1 Å². The quantitative estimate of drug-likeness (QED) is 0.684. The molecular formula is C12H5Cl2F2N3. The Kier molecular flexibility index (Phi) is 2.88. The normalized spacial score (nSPS) is 11.2. The first-order valence-electron chi connectivity index (χ1n) is 5.22. The van der Waals surface area contributed by atoms with Crippen molar-refractivity contribution in [3.63, 3.8) is 0 Å². The number of aromatic nitrogens is 3. The van der Waals surface area contributed by atoms with Gasteiger partial charge in [0.2, 0.25) is 0 Å². The molecule has 19 heavy (non-hydrogen) atoms. The Morgan fingerprint density at radius 1 is 1.05 bits per heavy atom. The van der Waals surface area contributed by atoms with Crippen LogP contribution in [0.3, 0.4) is 0 Å². The fourth-order valence-electron chi connectivity index (χ4n) is 1.71. The molecule has 0 saturated heterocycles. The molecule has 0 fully saturated rings. The predicted molar refractivity (Wildman–Crippen MR) is 69.3 cm³/mol. The van der Waals surface area contributed by atoms with Crippen LogP contribution in [0.15, 0.2) is 24.3 Å². The summed E-state index contributed by atoms with van der Waals surface area (Å²) in [5.41, 5.74) is 0.980. The summed E-state index contributed by atoms with van der Waals surface area (Å²) in [5.74, 6) is -1.13. The Balaban J connectivity index is 2.20. The maximum absolute atomic E-state index is 13.7. The molecule has 0 radical (unpaired) electrons. The van der Waals surface area contributed by atoms with E-state index in [1.165, 1.54) is 6.07 Å². The minimum absolute atomic E-state index is 0.117.